The molecule has 1 atom stereocenters. The maximum Gasteiger partial charge on any atom is 0.283 e. The summed E-state index contributed by atoms with van der Waals surface area (Å²) in [5, 5.41) is 2.83. The first-order valence-electron chi connectivity index (χ1n) is 9.88. The van der Waals surface area contributed by atoms with Crippen LogP contribution in [0.15, 0.2) is 71.7 Å². The first-order valence-corrected chi connectivity index (χ1v) is 9.88. The summed E-state index contributed by atoms with van der Waals surface area (Å²) in [4.78, 5) is 16.7. The van der Waals surface area contributed by atoms with Gasteiger partial charge in [-0.2, -0.15) is 0 Å². The summed E-state index contributed by atoms with van der Waals surface area (Å²) in [6.45, 7) is 0.214. The molecule has 0 aromatic heterocycles. The molecule has 31 heavy (non-hydrogen) atoms. The Morgan fingerprint density at radius 3 is 2.52 bits per heavy atom. The summed E-state index contributed by atoms with van der Waals surface area (Å²) in [5.74, 6) is 1.10. The molecule has 7 heteroatoms. The van der Waals surface area contributed by atoms with Gasteiger partial charge in [-0.05, 0) is 41.5 Å². The molecule has 156 valence electrons. The van der Waals surface area contributed by atoms with Crippen molar-refractivity contribution in [3.8, 4) is 22.6 Å². The first kappa shape index (κ1) is 19.1. The number of amides is 1. The molecule has 2 heterocycles. The molecule has 1 spiro atoms. The molecule has 0 aliphatic carbocycles. The fourth-order valence-corrected chi connectivity index (χ4v) is 4.07. The second-order valence-electron chi connectivity index (χ2n) is 7.47. The maximum atomic E-state index is 12.0. The predicted octanol–water partition coefficient (Wildman–Crippen LogP) is 3.63. The van der Waals surface area contributed by atoms with Gasteiger partial charge < -0.3 is 25.3 Å². The number of nitrogens with one attached hydrogen (secondary N) is 1. The Morgan fingerprint density at radius 2 is 1.81 bits per heavy atom. The molecular weight excluding hydrogens is 394 g/mol. The molecule has 0 saturated carbocycles. The largest absolute Gasteiger partial charge is 0.462 e. The van der Waals surface area contributed by atoms with Gasteiger partial charge in [-0.15, -0.1) is 0 Å². The number of carbonyl (C=O) groups is 1. The number of anilines is 1. The van der Waals surface area contributed by atoms with Crippen molar-refractivity contribution in [1.29, 1.82) is 0 Å². The van der Waals surface area contributed by atoms with E-state index in [0.717, 1.165) is 22.3 Å². The lowest BCUT2D eigenvalue weighted by atomic mass is 9.80. The summed E-state index contributed by atoms with van der Waals surface area (Å²) in [6.07, 6.45) is 0. The van der Waals surface area contributed by atoms with Gasteiger partial charge in [-0.3, -0.25) is 4.79 Å². The van der Waals surface area contributed by atoms with Crippen molar-refractivity contribution in [1.82, 2.24) is 0 Å². The number of methoxy groups -OCH3 is 1. The molecule has 3 N–H and O–H groups in total. The van der Waals surface area contributed by atoms with Crippen LogP contribution >= 0.6 is 0 Å². The summed E-state index contributed by atoms with van der Waals surface area (Å²) in [6, 6.07) is 21.7. The van der Waals surface area contributed by atoms with E-state index in [-0.39, 0.29) is 25.1 Å². The SMILES string of the molecule is COCC(=O)Nc1ccc2c(c1)[C@@]1(COC(N)=N1)c1cc(-c3ccccc3)ccc1O2. The lowest BCUT2D eigenvalue weighted by molar-refractivity contribution is -0.119. The van der Waals surface area contributed by atoms with Gasteiger partial charge in [0.1, 0.15) is 24.7 Å². The Balaban J connectivity index is 1.64. The highest BCUT2D eigenvalue weighted by atomic mass is 16.5. The molecule has 2 aliphatic rings. The van der Waals surface area contributed by atoms with E-state index in [0.29, 0.717) is 17.2 Å². The molecule has 0 radical (unpaired) electrons. The number of hydrogen-bond donors (Lipinski definition) is 2. The Labute approximate surface area is 179 Å². The van der Waals surface area contributed by atoms with Gasteiger partial charge in [0.15, 0.2) is 5.54 Å². The Bertz CT molecular complexity index is 1190. The van der Waals surface area contributed by atoms with Gasteiger partial charge in [0.05, 0.1) is 0 Å². The van der Waals surface area contributed by atoms with Crippen LogP contribution in [0.25, 0.3) is 11.1 Å². The average molecular weight is 415 g/mol. The van der Waals surface area contributed by atoms with E-state index >= 15 is 0 Å². The lowest BCUT2D eigenvalue weighted by Gasteiger charge is -2.34. The Kier molecular flexibility index (Phi) is 4.60. The number of ether oxygens (including phenoxy) is 3. The summed E-state index contributed by atoms with van der Waals surface area (Å²) in [5.41, 5.74) is 9.48. The third-order valence-corrected chi connectivity index (χ3v) is 5.47. The Morgan fingerprint density at radius 1 is 1.06 bits per heavy atom. The fourth-order valence-electron chi connectivity index (χ4n) is 4.07. The molecule has 0 bridgehead atoms. The predicted molar refractivity (Wildman–Crippen MR) is 117 cm³/mol. The fraction of sp³-hybridized carbons (Fsp3) is 0.167. The lowest BCUT2D eigenvalue weighted by Crippen LogP contribution is -2.31. The van der Waals surface area contributed by atoms with E-state index in [1.165, 1.54) is 7.11 Å². The highest BCUT2D eigenvalue weighted by Gasteiger charge is 2.47. The molecule has 1 amide bonds. The first-order chi connectivity index (χ1) is 15.1. The minimum atomic E-state index is -0.861. The summed E-state index contributed by atoms with van der Waals surface area (Å²) in [7, 11) is 1.48. The van der Waals surface area contributed by atoms with Crippen LogP contribution in [0.5, 0.6) is 11.5 Å². The van der Waals surface area contributed by atoms with Crippen LogP contribution in [0.4, 0.5) is 5.69 Å². The van der Waals surface area contributed by atoms with Crippen LogP contribution in [0, 0.1) is 0 Å². The number of hydrogen-bond acceptors (Lipinski definition) is 6. The van der Waals surface area contributed by atoms with E-state index in [4.69, 9.17) is 24.9 Å². The monoisotopic (exact) mass is 415 g/mol. The number of nitrogens with zero attached hydrogens (tertiary/aromatic N) is 1. The minimum absolute atomic E-state index is 0.0315. The van der Waals surface area contributed by atoms with Crippen LogP contribution < -0.4 is 15.8 Å². The molecule has 5 rings (SSSR count). The van der Waals surface area contributed by atoms with Crippen LogP contribution in [0.2, 0.25) is 0 Å². The van der Waals surface area contributed by atoms with Gasteiger partial charge in [-0.25, -0.2) is 4.99 Å². The molecular formula is C24H21N3O4. The quantitative estimate of drug-likeness (QED) is 0.678. The zero-order valence-electron chi connectivity index (χ0n) is 16.9. The molecule has 0 unspecified atom stereocenters. The number of carbonyl (C=O) groups excluding carboxylic acids is 1. The zero-order chi connectivity index (χ0) is 21.4. The maximum absolute atomic E-state index is 12.0. The van der Waals surface area contributed by atoms with E-state index in [1.54, 1.807) is 6.07 Å². The molecule has 3 aromatic carbocycles. The second kappa shape index (κ2) is 7.45. The van der Waals surface area contributed by atoms with Crippen LogP contribution in [0.3, 0.4) is 0 Å². The van der Waals surface area contributed by atoms with E-state index < -0.39 is 5.54 Å². The number of aliphatic imine (C=N–C) groups is 1. The van der Waals surface area contributed by atoms with Crippen molar-refractivity contribution in [2.45, 2.75) is 5.54 Å². The smallest absolute Gasteiger partial charge is 0.283 e. The number of amidine groups is 1. The van der Waals surface area contributed by atoms with Crippen molar-refractivity contribution in [2.75, 3.05) is 25.6 Å². The summed E-state index contributed by atoms with van der Waals surface area (Å²) < 4.78 is 16.7. The topological polar surface area (TPSA) is 95.2 Å². The third kappa shape index (κ3) is 3.29. The number of nitrogens with two attached hydrogens (primary N) is 1. The van der Waals surface area contributed by atoms with Gasteiger partial charge in [0.2, 0.25) is 5.91 Å². The van der Waals surface area contributed by atoms with Crippen LogP contribution in [-0.2, 0) is 19.8 Å². The number of rotatable bonds is 4. The van der Waals surface area contributed by atoms with E-state index in [2.05, 4.69) is 23.5 Å². The van der Waals surface area contributed by atoms with Crippen LogP contribution in [-0.4, -0.2) is 32.3 Å². The van der Waals surface area contributed by atoms with E-state index in [9.17, 15) is 4.79 Å². The van der Waals surface area contributed by atoms with Crippen molar-refractivity contribution < 1.29 is 19.0 Å². The molecule has 3 aromatic rings. The standard InChI is InChI=1S/C24H21N3O4/c1-29-13-22(28)26-17-8-10-21-19(12-17)24(14-30-23(25)27-24)18-11-16(7-9-20(18)31-21)15-5-3-2-4-6-15/h2-12H,13-14H2,1H3,(H2,25,27)(H,26,28)/t24-/m1/s1. The van der Waals surface area contributed by atoms with Crippen molar-refractivity contribution >= 4 is 17.6 Å². The highest BCUT2D eigenvalue weighted by molar-refractivity contribution is 5.92. The average Bonchev–Trinajstić information content (AvgIpc) is 3.17. The van der Waals surface area contributed by atoms with Gasteiger partial charge >= 0.3 is 0 Å². The molecule has 0 saturated heterocycles. The van der Waals surface area contributed by atoms with Crippen molar-refractivity contribution in [3.05, 3.63) is 77.9 Å². The third-order valence-electron chi connectivity index (χ3n) is 5.47. The van der Waals surface area contributed by atoms with Crippen molar-refractivity contribution in [3.63, 3.8) is 0 Å². The molecule has 0 fully saturated rings. The second-order valence-corrected chi connectivity index (χ2v) is 7.47. The summed E-state index contributed by atoms with van der Waals surface area (Å²) >= 11 is 0. The highest BCUT2D eigenvalue weighted by Crippen LogP contribution is 2.52. The van der Waals surface area contributed by atoms with Gasteiger partial charge in [0, 0.05) is 23.9 Å². The number of benzene rings is 3. The Hall–Kier alpha value is -3.84. The van der Waals surface area contributed by atoms with Crippen LogP contribution in [0.1, 0.15) is 11.1 Å². The molecule has 2 aliphatic heterocycles. The number of fused-ring (bicyclic) bond motifs is 4. The zero-order valence-corrected chi connectivity index (χ0v) is 16.9. The van der Waals surface area contributed by atoms with Gasteiger partial charge in [0.25, 0.3) is 6.02 Å². The molecule has 7 nitrogen and oxygen atoms in total. The van der Waals surface area contributed by atoms with Crippen molar-refractivity contribution in [2.24, 2.45) is 10.7 Å². The van der Waals surface area contributed by atoms with E-state index in [1.807, 2.05) is 42.5 Å². The minimum Gasteiger partial charge on any atom is -0.462 e. The normalized spacial score (nSPS) is 18.4. The van der Waals surface area contributed by atoms with Gasteiger partial charge in [-0.1, -0.05) is 36.4 Å².